The molecule has 0 aliphatic carbocycles. The van der Waals surface area contributed by atoms with Gasteiger partial charge in [0.15, 0.2) is 11.5 Å². The molecule has 9 nitrogen and oxygen atoms in total. The molecule has 2 aliphatic heterocycles. The van der Waals surface area contributed by atoms with Crippen LogP contribution in [-0.4, -0.2) is 68.6 Å². The summed E-state index contributed by atoms with van der Waals surface area (Å²) in [4.78, 5) is 35.9. The van der Waals surface area contributed by atoms with Crippen LogP contribution in [0.25, 0.3) is 0 Å². The molecular formula is C24H27N5O4. The van der Waals surface area contributed by atoms with Gasteiger partial charge in [-0.2, -0.15) is 5.26 Å². The molecule has 1 atom stereocenters. The Kier molecular flexibility index (Phi) is 6.63. The van der Waals surface area contributed by atoms with Gasteiger partial charge >= 0.3 is 0 Å². The first-order chi connectivity index (χ1) is 16.0. The standard InChI is InChI=1S/C24H27N5O4/c1-32-20-7-6-19(14-21(20)33-2)29-16-18(13-22(29)30)24(31)28-10-4-9-27(11-12-28)23-17(15-25)5-3-8-26-23/h3,5-8,14,18H,4,9-13,16H2,1-2H3. The molecule has 0 spiro atoms. The number of nitrogens with zero attached hydrogens (tertiary/aromatic N) is 5. The number of hydrogen-bond acceptors (Lipinski definition) is 7. The molecule has 2 fully saturated rings. The molecule has 0 bridgehead atoms. The molecule has 4 rings (SSSR count). The summed E-state index contributed by atoms with van der Waals surface area (Å²) in [7, 11) is 3.11. The summed E-state index contributed by atoms with van der Waals surface area (Å²) < 4.78 is 10.6. The minimum Gasteiger partial charge on any atom is -0.493 e. The zero-order valence-electron chi connectivity index (χ0n) is 18.9. The van der Waals surface area contributed by atoms with Crippen LogP contribution >= 0.6 is 0 Å². The smallest absolute Gasteiger partial charge is 0.228 e. The highest BCUT2D eigenvalue weighted by Crippen LogP contribution is 2.34. The van der Waals surface area contributed by atoms with Crippen LogP contribution in [0.1, 0.15) is 18.4 Å². The second-order valence-corrected chi connectivity index (χ2v) is 8.10. The van der Waals surface area contributed by atoms with E-state index in [9.17, 15) is 14.9 Å². The number of rotatable bonds is 5. The fourth-order valence-corrected chi connectivity index (χ4v) is 4.46. The van der Waals surface area contributed by atoms with Crippen molar-refractivity contribution in [2.45, 2.75) is 12.8 Å². The van der Waals surface area contributed by atoms with E-state index in [1.807, 2.05) is 4.90 Å². The molecule has 2 aromatic rings. The number of carbonyl (C=O) groups excluding carboxylic acids is 2. The molecule has 0 saturated carbocycles. The first-order valence-electron chi connectivity index (χ1n) is 11.0. The highest BCUT2D eigenvalue weighted by atomic mass is 16.5. The molecule has 0 radical (unpaired) electrons. The second-order valence-electron chi connectivity index (χ2n) is 8.10. The quantitative estimate of drug-likeness (QED) is 0.689. The van der Waals surface area contributed by atoms with Crippen molar-refractivity contribution in [2.24, 2.45) is 5.92 Å². The van der Waals surface area contributed by atoms with Crippen molar-refractivity contribution in [1.29, 1.82) is 5.26 Å². The number of pyridine rings is 1. The summed E-state index contributed by atoms with van der Waals surface area (Å²) in [6.07, 6.45) is 2.64. The molecule has 0 N–H and O–H groups in total. The Morgan fingerprint density at radius 3 is 2.70 bits per heavy atom. The summed E-state index contributed by atoms with van der Waals surface area (Å²) in [6, 6.07) is 11.0. The van der Waals surface area contributed by atoms with Crippen molar-refractivity contribution in [3.05, 3.63) is 42.1 Å². The molecule has 172 valence electrons. The van der Waals surface area contributed by atoms with Gasteiger partial charge in [0.2, 0.25) is 11.8 Å². The Balaban J connectivity index is 1.43. The predicted molar refractivity (Wildman–Crippen MR) is 122 cm³/mol. The van der Waals surface area contributed by atoms with Gasteiger partial charge in [-0.3, -0.25) is 9.59 Å². The Morgan fingerprint density at radius 2 is 1.94 bits per heavy atom. The lowest BCUT2D eigenvalue weighted by Gasteiger charge is -2.25. The van der Waals surface area contributed by atoms with Gasteiger partial charge in [-0.15, -0.1) is 0 Å². The van der Waals surface area contributed by atoms with Crippen molar-refractivity contribution < 1.29 is 19.1 Å². The maximum Gasteiger partial charge on any atom is 0.228 e. The van der Waals surface area contributed by atoms with Crippen molar-refractivity contribution in [3.63, 3.8) is 0 Å². The van der Waals surface area contributed by atoms with Crippen LogP contribution in [0.3, 0.4) is 0 Å². The van der Waals surface area contributed by atoms with Crippen LogP contribution in [0.2, 0.25) is 0 Å². The normalized spacial score (nSPS) is 18.6. The second kappa shape index (κ2) is 9.77. The van der Waals surface area contributed by atoms with E-state index in [0.29, 0.717) is 54.7 Å². The molecule has 2 amide bonds. The average molecular weight is 450 g/mol. The minimum atomic E-state index is -0.387. The van der Waals surface area contributed by atoms with E-state index in [0.717, 1.165) is 13.0 Å². The fraction of sp³-hybridized carbons (Fsp3) is 0.417. The third kappa shape index (κ3) is 4.55. The molecule has 1 aromatic heterocycles. The Bertz CT molecular complexity index is 1080. The highest BCUT2D eigenvalue weighted by Gasteiger charge is 2.38. The molecular weight excluding hydrogens is 422 g/mol. The lowest BCUT2D eigenvalue weighted by molar-refractivity contribution is -0.135. The molecule has 33 heavy (non-hydrogen) atoms. The van der Waals surface area contributed by atoms with Crippen LogP contribution in [0.15, 0.2) is 36.5 Å². The Labute approximate surface area is 193 Å². The van der Waals surface area contributed by atoms with Gasteiger partial charge in [-0.1, -0.05) is 0 Å². The van der Waals surface area contributed by atoms with Crippen molar-refractivity contribution in [2.75, 3.05) is 56.7 Å². The van der Waals surface area contributed by atoms with Gasteiger partial charge in [0, 0.05) is 57.1 Å². The summed E-state index contributed by atoms with van der Waals surface area (Å²) in [5, 5.41) is 9.38. The largest absolute Gasteiger partial charge is 0.493 e. The van der Waals surface area contributed by atoms with E-state index in [4.69, 9.17) is 9.47 Å². The number of carbonyl (C=O) groups is 2. The van der Waals surface area contributed by atoms with Crippen molar-refractivity contribution >= 4 is 23.3 Å². The van der Waals surface area contributed by atoms with E-state index < -0.39 is 0 Å². The number of amides is 2. The maximum atomic E-state index is 13.3. The molecule has 1 unspecified atom stereocenters. The van der Waals surface area contributed by atoms with Crippen LogP contribution in [0, 0.1) is 17.2 Å². The maximum absolute atomic E-state index is 13.3. The summed E-state index contributed by atoms with van der Waals surface area (Å²) in [6.45, 7) is 2.80. The van der Waals surface area contributed by atoms with Crippen LogP contribution < -0.4 is 19.3 Å². The first kappa shape index (κ1) is 22.4. The SMILES string of the molecule is COc1ccc(N2CC(C(=O)N3CCCN(c4ncccc4C#N)CC3)CC2=O)cc1OC. The third-order valence-corrected chi connectivity index (χ3v) is 6.17. The topological polar surface area (TPSA) is 99.0 Å². The van der Waals surface area contributed by atoms with Crippen LogP contribution in [-0.2, 0) is 9.59 Å². The van der Waals surface area contributed by atoms with E-state index in [2.05, 4.69) is 16.0 Å². The molecule has 9 heteroatoms. The van der Waals surface area contributed by atoms with E-state index >= 15 is 0 Å². The number of benzene rings is 1. The van der Waals surface area contributed by atoms with Crippen LogP contribution in [0.4, 0.5) is 11.5 Å². The zero-order chi connectivity index (χ0) is 23.4. The van der Waals surface area contributed by atoms with Gasteiger partial charge in [0.25, 0.3) is 0 Å². The van der Waals surface area contributed by atoms with Gasteiger partial charge in [-0.05, 0) is 30.7 Å². The number of ether oxygens (including phenoxy) is 2. The Hall–Kier alpha value is -3.80. The lowest BCUT2D eigenvalue weighted by atomic mass is 10.1. The minimum absolute atomic E-state index is 0.00490. The number of aromatic nitrogens is 1. The number of hydrogen-bond donors (Lipinski definition) is 0. The summed E-state index contributed by atoms with van der Waals surface area (Å²) >= 11 is 0. The number of anilines is 2. The zero-order valence-corrected chi connectivity index (χ0v) is 18.9. The predicted octanol–water partition coefficient (Wildman–Crippen LogP) is 2.06. The molecule has 1 aromatic carbocycles. The van der Waals surface area contributed by atoms with Crippen LogP contribution in [0.5, 0.6) is 11.5 Å². The monoisotopic (exact) mass is 449 g/mol. The van der Waals surface area contributed by atoms with Gasteiger partial charge in [0.1, 0.15) is 11.9 Å². The summed E-state index contributed by atoms with van der Waals surface area (Å²) in [5.74, 6) is 1.31. The van der Waals surface area contributed by atoms with E-state index in [1.54, 1.807) is 55.6 Å². The number of nitriles is 1. The fourth-order valence-electron chi connectivity index (χ4n) is 4.46. The average Bonchev–Trinajstić information content (AvgIpc) is 3.08. The van der Waals surface area contributed by atoms with E-state index in [1.165, 1.54) is 0 Å². The van der Waals surface area contributed by atoms with Crippen molar-refractivity contribution in [3.8, 4) is 17.6 Å². The Morgan fingerprint density at radius 1 is 1.12 bits per heavy atom. The van der Waals surface area contributed by atoms with Gasteiger partial charge < -0.3 is 24.2 Å². The summed E-state index contributed by atoms with van der Waals surface area (Å²) in [5.41, 5.74) is 1.22. The molecule has 2 saturated heterocycles. The first-order valence-corrected chi connectivity index (χ1v) is 11.0. The molecule has 2 aliphatic rings. The molecule has 3 heterocycles. The van der Waals surface area contributed by atoms with E-state index in [-0.39, 0.29) is 24.2 Å². The number of methoxy groups -OCH3 is 2. The van der Waals surface area contributed by atoms with Gasteiger partial charge in [-0.25, -0.2) is 4.98 Å². The highest BCUT2D eigenvalue weighted by molar-refractivity contribution is 6.00. The van der Waals surface area contributed by atoms with Gasteiger partial charge in [0.05, 0.1) is 25.7 Å². The third-order valence-electron chi connectivity index (χ3n) is 6.17. The van der Waals surface area contributed by atoms with Crippen molar-refractivity contribution in [1.82, 2.24) is 9.88 Å². The lowest BCUT2D eigenvalue weighted by Crippen LogP contribution is -2.40.